The van der Waals surface area contributed by atoms with E-state index in [-0.39, 0.29) is 11.3 Å². The van der Waals surface area contributed by atoms with Gasteiger partial charge in [0.2, 0.25) is 0 Å². The minimum absolute atomic E-state index is 0.0769. The molecular weight excluding hydrogens is 591 g/mol. The molecule has 0 aliphatic heterocycles. The van der Waals surface area contributed by atoms with E-state index in [0.717, 1.165) is 11.4 Å². The fourth-order valence-electron chi connectivity index (χ4n) is 8.77. The Labute approximate surface area is 287 Å². The van der Waals surface area contributed by atoms with Crippen molar-refractivity contribution in [2.24, 2.45) is 0 Å². The molecule has 232 valence electrons. The van der Waals surface area contributed by atoms with Gasteiger partial charge in [0.05, 0.1) is 0 Å². The predicted molar refractivity (Wildman–Crippen MR) is 207 cm³/mol. The molecule has 0 bridgehead atoms. The summed E-state index contributed by atoms with van der Waals surface area (Å²) in [5, 5.41) is 5.16. The van der Waals surface area contributed by atoms with Crippen molar-refractivity contribution in [1.82, 2.24) is 0 Å². The van der Waals surface area contributed by atoms with E-state index in [1.54, 1.807) is 0 Å². The van der Waals surface area contributed by atoms with Crippen LogP contribution < -0.4 is 4.90 Å². The molecule has 0 amide bonds. The molecule has 0 N–H and O–H groups in total. The number of anilines is 3. The molecule has 0 aromatic heterocycles. The zero-order chi connectivity index (χ0) is 32.7. The van der Waals surface area contributed by atoms with Gasteiger partial charge < -0.3 is 4.90 Å². The van der Waals surface area contributed by atoms with Gasteiger partial charge in [-0.2, -0.15) is 0 Å². The number of hydrogen-bond donors (Lipinski definition) is 0. The SMILES string of the molecule is CC1(C)c2ccccc2-c2ccc(N(c3ccc(C4c5ccccc5-c5cccc6cccc4c56)cc3)c3ccc4ccccc4c3)cc21. The van der Waals surface area contributed by atoms with Crippen LogP contribution in [-0.4, -0.2) is 0 Å². The van der Waals surface area contributed by atoms with Crippen molar-refractivity contribution in [3.63, 3.8) is 0 Å². The van der Waals surface area contributed by atoms with Gasteiger partial charge >= 0.3 is 0 Å². The summed E-state index contributed by atoms with van der Waals surface area (Å²) >= 11 is 0. The summed E-state index contributed by atoms with van der Waals surface area (Å²) in [4.78, 5) is 2.43. The van der Waals surface area contributed by atoms with Gasteiger partial charge in [0.25, 0.3) is 0 Å². The molecule has 49 heavy (non-hydrogen) atoms. The number of rotatable bonds is 4. The summed E-state index contributed by atoms with van der Waals surface area (Å²) in [7, 11) is 0. The largest absolute Gasteiger partial charge is 0.310 e. The predicted octanol–water partition coefficient (Wildman–Crippen LogP) is 12.9. The number of fused-ring (bicyclic) bond motifs is 6. The quantitative estimate of drug-likeness (QED) is 0.188. The van der Waals surface area contributed by atoms with Crippen molar-refractivity contribution in [2.45, 2.75) is 25.2 Å². The number of hydrogen-bond acceptors (Lipinski definition) is 1. The van der Waals surface area contributed by atoms with Crippen LogP contribution in [0, 0.1) is 0 Å². The van der Waals surface area contributed by atoms with E-state index < -0.39 is 0 Å². The van der Waals surface area contributed by atoms with Crippen LogP contribution in [0.4, 0.5) is 17.1 Å². The fourth-order valence-corrected chi connectivity index (χ4v) is 8.77. The van der Waals surface area contributed by atoms with Gasteiger partial charge in [-0.25, -0.2) is 0 Å². The highest BCUT2D eigenvalue weighted by atomic mass is 15.1. The van der Waals surface area contributed by atoms with Crippen LogP contribution in [0.2, 0.25) is 0 Å². The van der Waals surface area contributed by atoms with E-state index in [4.69, 9.17) is 0 Å². The first-order valence-electron chi connectivity index (χ1n) is 17.3. The number of benzene rings is 8. The van der Waals surface area contributed by atoms with Gasteiger partial charge in [-0.05, 0) is 108 Å². The first-order chi connectivity index (χ1) is 24.1. The average molecular weight is 626 g/mol. The highest BCUT2D eigenvalue weighted by Crippen LogP contribution is 2.51. The molecule has 1 heteroatoms. The minimum Gasteiger partial charge on any atom is -0.310 e. The van der Waals surface area contributed by atoms with Gasteiger partial charge in [-0.3, -0.25) is 0 Å². The minimum atomic E-state index is -0.0769. The van der Waals surface area contributed by atoms with Crippen molar-refractivity contribution >= 4 is 38.6 Å². The molecular formula is C48H35N. The lowest BCUT2D eigenvalue weighted by atomic mass is 9.74. The molecule has 0 heterocycles. The highest BCUT2D eigenvalue weighted by molar-refractivity contribution is 6.03. The molecule has 0 spiro atoms. The van der Waals surface area contributed by atoms with Gasteiger partial charge in [0.1, 0.15) is 0 Å². The maximum Gasteiger partial charge on any atom is 0.0468 e. The molecule has 0 saturated carbocycles. The van der Waals surface area contributed by atoms with Gasteiger partial charge in [-0.1, -0.05) is 147 Å². The van der Waals surface area contributed by atoms with E-state index in [1.165, 1.54) is 77.3 Å². The Bertz CT molecular complexity index is 2580. The fraction of sp³-hybridized carbons (Fsp3) is 0.0833. The van der Waals surface area contributed by atoms with E-state index in [2.05, 4.69) is 189 Å². The van der Waals surface area contributed by atoms with E-state index in [0.29, 0.717) is 0 Å². The normalized spacial score (nSPS) is 15.1. The first kappa shape index (κ1) is 28.1. The molecule has 10 rings (SSSR count). The summed E-state index contributed by atoms with van der Waals surface area (Å²) in [5.74, 6) is 0.164. The van der Waals surface area contributed by atoms with Crippen LogP contribution >= 0.6 is 0 Å². The molecule has 8 aromatic carbocycles. The maximum absolute atomic E-state index is 2.43. The lowest BCUT2D eigenvalue weighted by Crippen LogP contribution is -2.16. The van der Waals surface area contributed by atoms with Crippen molar-refractivity contribution in [1.29, 1.82) is 0 Å². The van der Waals surface area contributed by atoms with Gasteiger partial charge in [0, 0.05) is 28.4 Å². The van der Waals surface area contributed by atoms with Gasteiger partial charge in [-0.15, -0.1) is 0 Å². The molecule has 2 aliphatic carbocycles. The van der Waals surface area contributed by atoms with Crippen molar-refractivity contribution < 1.29 is 0 Å². The van der Waals surface area contributed by atoms with E-state index in [9.17, 15) is 0 Å². The third-order valence-electron chi connectivity index (χ3n) is 11.1. The van der Waals surface area contributed by atoms with E-state index >= 15 is 0 Å². The van der Waals surface area contributed by atoms with Crippen LogP contribution in [0.1, 0.15) is 47.6 Å². The lowest BCUT2D eigenvalue weighted by molar-refractivity contribution is 0.660. The van der Waals surface area contributed by atoms with Crippen LogP contribution in [0.25, 0.3) is 43.8 Å². The van der Waals surface area contributed by atoms with Crippen molar-refractivity contribution in [2.75, 3.05) is 4.90 Å². The molecule has 8 aromatic rings. The molecule has 1 unspecified atom stereocenters. The Hall–Kier alpha value is -5.92. The zero-order valence-electron chi connectivity index (χ0n) is 27.7. The summed E-state index contributed by atoms with van der Waals surface area (Å²) in [6, 6.07) is 63.2. The second-order valence-electron chi connectivity index (χ2n) is 14.1. The zero-order valence-corrected chi connectivity index (χ0v) is 27.7. The molecule has 0 saturated heterocycles. The summed E-state index contributed by atoms with van der Waals surface area (Å²) in [5.41, 5.74) is 15.6. The Morgan fingerprint density at radius 1 is 0.408 bits per heavy atom. The van der Waals surface area contributed by atoms with Gasteiger partial charge in [0.15, 0.2) is 0 Å². The van der Waals surface area contributed by atoms with Crippen LogP contribution in [-0.2, 0) is 5.41 Å². The highest BCUT2D eigenvalue weighted by Gasteiger charge is 2.36. The van der Waals surface area contributed by atoms with Crippen molar-refractivity contribution in [3.8, 4) is 22.3 Å². The Morgan fingerprint density at radius 2 is 1.00 bits per heavy atom. The van der Waals surface area contributed by atoms with Crippen LogP contribution in [0.5, 0.6) is 0 Å². The third kappa shape index (κ3) is 4.19. The molecule has 1 nitrogen and oxygen atoms in total. The Balaban J connectivity index is 1.13. The maximum atomic E-state index is 2.43. The first-order valence-corrected chi connectivity index (χ1v) is 17.3. The van der Waals surface area contributed by atoms with Crippen molar-refractivity contribution in [3.05, 3.63) is 198 Å². The smallest absolute Gasteiger partial charge is 0.0468 e. The second kappa shape index (κ2) is 10.5. The standard InChI is InChI=1S/C48H35N/c1-48(2)44-20-8-7-16-39(44)40-28-27-37(30-45(40)48)49(36-26-21-31-11-3-4-12-34(31)29-36)35-24-22-33(23-25-35)47-41-17-6-5-15-38(41)42-18-9-13-32-14-10-19-43(47)46(32)42/h3-30,47H,1-2H3. The summed E-state index contributed by atoms with van der Waals surface area (Å²) < 4.78 is 0. The Kier molecular flexibility index (Phi) is 6.05. The van der Waals surface area contributed by atoms with E-state index in [1.807, 2.05) is 0 Å². The third-order valence-corrected chi connectivity index (χ3v) is 11.1. The molecule has 0 radical (unpaired) electrons. The summed E-state index contributed by atoms with van der Waals surface area (Å²) in [6.07, 6.45) is 0. The average Bonchev–Trinajstić information content (AvgIpc) is 3.38. The molecule has 2 aliphatic rings. The molecule has 1 atom stereocenters. The van der Waals surface area contributed by atoms with Crippen LogP contribution in [0.15, 0.2) is 170 Å². The van der Waals surface area contributed by atoms with Crippen LogP contribution in [0.3, 0.4) is 0 Å². The Morgan fingerprint density at radius 3 is 1.86 bits per heavy atom. The summed E-state index contributed by atoms with van der Waals surface area (Å²) in [6.45, 7) is 4.72. The number of nitrogens with zero attached hydrogens (tertiary/aromatic N) is 1. The second-order valence-corrected chi connectivity index (χ2v) is 14.1. The molecule has 0 fully saturated rings. The monoisotopic (exact) mass is 625 g/mol. The lowest BCUT2D eigenvalue weighted by Gasteiger charge is -2.31. The topological polar surface area (TPSA) is 3.24 Å².